The summed E-state index contributed by atoms with van der Waals surface area (Å²) in [6.07, 6.45) is 8.87. The zero-order valence-corrected chi connectivity index (χ0v) is 24.8. The van der Waals surface area contributed by atoms with Gasteiger partial charge in [-0.3, -0.25) is 4.79 Å². The van der Waals surface area contributed by atoms with E-state index >= 15 is 0 Å². The molecule has 4 aliphatic carbocycles. The molecule has 4 N–H and O–H groups in total. The van der Waals surface area contributed by atoms with E-state index in [-0.39, 0.29) is 51.9 Å². The number of aliphatic hydroxyl groups is 2. The van der Waals surface area contributed by atoms with Gasteiger partial charge in [0.25, 0.3) is 0 Å². The first kappa shape index (κ1) is 29.3. The van der Waals surface area contributed by atoms with Crippen LogP contribution in [0.2, 0.25) is 0 Å². The van der Waals surface area contributed by atoms with Crippen molar-refractivity contribution in [1.29, 1.82) is 0 Å². The topological polar surface area (TPSA) is 132 Å². The van der Waals surface area contributed by atoms with Gasteiger partial charge in [0.15, 0.2) is 0 Å². The SMILES string of the molecule is CC(=NNC(=O)CC[C@H](C)[C@@H]1CC[C@@H]2[C@@H]3CC[C@H]4C[C@H](O)CC[C@]4(C)[C@@H]3C[C@H](O)[C@@]21C)c1c(O)cc(C)oc1=O. The van der Waals surface area contributed by atoms with E-state index < -0.39 is 5.63 Å². The lowest BCUT2D eigenvalue weighted by Crippen LogP contribution is -2.58. The average molecular weight is 557 g/mol. The van der Waals surface area contributed by atoms with E-state index in [1.54, 1.807) is 13.8 Å². The van der Waals surface area contributed by atoms with Crippen molar-refractivity contribution < 1.29 is 24.5 Å². The number of hydrogen-bond donors (Lipinski definition) is 4. The van der Waals surface area contributed by atoms with Crippen molar-refractivity contribution in [1.82, 2.24) is 5.43 Å². The molecular formula is C32H48N2O6. The predicted molar refractivity (Wildman–Crippen MR) is 153 cm³/mol. The number of carbonyl (C=O) groups is 1. The van der Waals surface area contributed by atoms with E-state index in [1.165, 1.54) is 18.9 Å². The smallest absolute Gasteiger partial charge is 0.348 e. The van der Waals surface area contributed by atoms with E-state index in [4.69, 9.17) is 4.42 Å². The fourth-order valence-electron chi connectivity index (χ4n) is 9.91. The third-order valence-electron chi connectivity index (χ3n) is 12.1. The summed E-state index contributed by atoms with van der Waals surface area (Å²) in [6.45, 7) is 10.1. The molecule has 0 saturated heterocycles. The number of nitrogens with zero attached hydrogens (tertiary/aromatic N) is 1. The molecule has 0 bridgehead atoms. The fourth-order valence-corrected chi connectivity index (χ4v) is 9.91. The molecule has 1 aromatic rings. The number of hydrazone groups is 1. The van der Waals surface area contributed by atoms with E-state index in [9.17, 15) is 24.9 Å². The Balaban J connectivity index is 1.22. The molecule has 0 spiro atoms. The molecule has 10 atom stereocenters. The van der Waals surface area contributed by atoms with Crippen LogP contribution in [0.15, 0.2) is 20.4 Å². The number of aliphatic hydroxyl groups excluding tert-OH is 2. The second kappa shape index (κ2) is 10.9. The molecule has 40 heavy (non-hydrogen) atoms. The minimum Gasteiger partial charge on any atom is -0.507 e. The van der Waals surface area contributed by atoms with Crippen molar-refractivity contribution in [2.75, 3.05) is 0 Å². The Morgan fingerprint density at radius 3 is 2.62 bits per heavy atom. The summed E-state index contributed by atoms with van der Waals surface area (Å²) in [4.78, 5) is 24.8. The van der Waals surface area contributed by atoms with Crippen LogP contribution in [0.3, 0.4) is 0 Å². The third kappa shape index (κ3) is 4.93. The molecule has 0 aromatic carbocycles. The second-order valence-electron chi connectivity index (χ2n) is 14.0. The summed E-state index contributed by atoms with van der Waals surface area (Å²) >= 11 is 0. The van der Waals surface area contributed by atoms with Gasteiger partial charge >= 0.3 is 5.63 Å². The van der Waals surface area contributed by atoms with Crippen molar-refractivity contribution in [3.8, 4) is 5.75 Å². The van der Waals surface area contributed by atoms with Gasteiger partial charge in [0.2, 0.25) is 5.91 Å². The number of aromatic hydroxyl groups is 1. The van der Waals surface area contributed by atoms with Crippen LogP contribution in [0.5, 0.6) is 5.75 Å². The van der Waals surface area contributed by atoms with Gasteiger partial charge in [-0.1, -0.05) is 20.8 Å². The van der Waals surface area contributed by atoms with E-state index in [1.807, 2.05) is 0 Å². The first-order valence-corrected chi connectivity index (χ1v) is 15.4. The quantitative estimate of drug-likeness (QED) is 0.291. The lowest BCUT2D eigenvalue weighted by molar-refractivity contribution is -0.174. The number of hydrogen-bond acceptors (Lipinski definition) is 7. The monoisotopic (exact) mass is 556 g/mol. The van der Waals surface area contributed by atoms with Gasteiger partial charge in [-0.25, -0.2) is 10.2 Å². The number of amides is 1. The molecule has 0 unspecified atom stereocenters. The summed E-state index contributed by atoms with van der Waals surface area (Å²) in [5, 5.41) is 36.2. The van der Waals surface area contributed by atoms with Gasteiger partial charge < -0.3 is 19.7 Å². The molecule has 8 nitrogen and oxygen atoms in total. The zero-order valence-electron chi connectivity index (χ0n) is 24.8. The normalized spacial score (nSPS) is 40.1. The molecule has 4 aliphatic rings. The summed E-state index contributed by atoms with van der Waals surface area (Å²) in [5.74, 6) is 2.72. The van der Waals surface area contributed by atoms with Crippen LogP contribution in [0.4, 0.5) is 0 Å². The molecule has 222 valence electrons. The highest BCUT2D eigenvalue weighted by molar-refractivity contribution is 6.01. The average Bonchev–Trinajstić information content (AvgIpc) is 3.25. The van der Waals surface area contributed by atoms with Gasteiger partial charge in [0, 0.05) is 12.5 Å². The Bertz CT molecular complexity index is 1210. The first-order chi connectivity index (χ1) is 18.9. The molecular weight excluding hydrogens is 508 g/mol. The van der Waals surface area contributed by atoms with E-state index in [0.717, 1.165) is 38.5 Å². The molecule has 8 heteroatoms. The Morgan fingerprint density at radius 1 is 1.15 bits per heavy atom. The Hall–Kier alpha value is -2.19. The van der Waals surface area contributed by atoms with Crippen LogP contribution in [0, 0.1) is 53.3 Å². The molecule has 4 fully saturated rings. The lowest BCUT2D eigenvalue weighted by Gasteiger charge is -2.62. The van der Waals surface area contributed by atoms with Crippen LogP contribution in [-0.4, -0.2) is 39.1 Å². The molecule has 1 aromatic heterocycles. The van der Waals surface area contributed by atoms with Gasteiger partial charge in [0.05, 0.1) is 17.9 Å². The standard InChI is InChI=1S/C32H48N2O6/c1-17(6-11-28(38)34-33-19(3)29-26(36)14-18(2)40-30(29)39)23-9-10-24-22-8-7-20-15-21(35)12-13-31(20,4)25(22)16-27(37)32(23,24)5/h14,17,20-25,27,35-37H,6-13,15-16H2,1-5H3,(H,34,38)/t17-,20-,21+,22-,23-,24+,25+,27-,31-,32+/m0/s1. The molecule has 1 heterocycles. The summed E-state index contributed by atoms with van der Waals surface area (Å²) in [7, 11) is 0. The van der Waals surface area contributed by atoms with Crippen molar-refractivity contribution in [2.24, 2.45) is 51.4 Å². The number of aryl methyl sites for hydroxylation is 1. The molecule has 5 rings (SSSR count). The molecule has 4 saturated carbocycles. The maximum atomic E-state index is 12.7. The molecule has 0 radical (unpaired) electrons. The molecule has 1 amide bonds. The Kier molecular flexibility index (Phi) is 7.99. The largest absolute Gasteiger partial charge is 0.507 e. The number of nitrogens with one attached hydrogen (secondary N) is 1. The van der Waals surface area contributed by atoms with Gasteiger partial charge in [-0.2, -0.15) is 5.10 Å². The summed E-state index contributed by atoms with van der Waals surface area (Å²) < 4.78 is 5.04. The first-order valence-electron chi connectivity index (χ1n) is 15.4. The highest BCUT2D eigenvalue weighted by Gasteiger charge is 2.63. The highest BCUT2D eigenvalue weighted by Crippen LogP contribution is 2.68. The predicted octanol–water partition coefficient (Wildman–Crippen LogP) is 4.90. The minimum atomic E-state index is -0.692. The van der Waals surface area contributed by atoms with Gasteiger partial charge in [-0.05, 0) is 118 Å². The van der Waals surface area contributed by atoms with Crippen LogP contribution < -0.4 is 11.1 Å². The minimum absolute atomic E-state index is 0.0546. The Morgan fingerprint density at radius 2 is 1.90 bits per heavy atom. The Labute approximate surface area is 237 Å². The fraction of sp³-hybridized carbons (Fsp3) is 0.781. The van der Waals surface area contributed by atoms with Crippen LogP contribution in [0.25, 0.3) is 0 Å². The van der Waals surface area contributed by atoms with Gasteiger partial charge in [-0.15, -0.1) is 0 Å². The van der Waals surface area contributed by atoms with E-state index in [2.05, 4.69) is 31.3 Å². The highest BCUT2D eigenvalue weighted by atomic mass is 16.4. The lowest BCUT2D eigenvalue weighted by atomic mass is 9.43. The maximum Gasteiger partial charge on any atom is 0.348 e. The molecule has 0 aliphatic heterocycles. The maximum absolute atomic E-state index is 12.7. The third-order valence-corrected chi connectivity index (χ3v) is 12.1. The number of fused-ring (bicyclic) bond motifs is 5. The van der Waals surface area contributed by atoms with Crippen molar-refractivity contribution in [2.45, 2.75) is 111 Å². The van der Waals surface area contributed by atoms with Crippen molar-refractivity contribution in [3.63, 3.8) is 0 Å². The summed E-state index contributed by atoms with van der Waals surface area (Å²) in [5.41, 5.74) is 2.06. The number of rotatable bonds is 6. The van der Waals surface area contributed by atoms with Crippen LogP contribution in [-0.2, 0) is 4.79 Å². The van der Waals surface area contributed by atoms with Crippen LogP contribution in [0.1, 0.15) is 103 Å². The zero-order chi connectivity index (χ0) is 29.0. The second-order valence-corrected chi connectivity index (χ2v) is 14.0. The summed E-state index contributed by atoms with van der Waals surface area (Å²) in [6, 6.07) is 1.35. The number of carbonyl (C=O) groups excluding carboxylic acids is 1. The van der Waals surface area contributed by atoms with Crippen LogP contribution >= 0.6 is 0 Å². The van der Waals surface area contributed by atoms with E-state index in [0.29, 0.717) is 48.2 Å². The van der Waals surface area contributed by atoms with Crippen molar-refractivity contribution >= 4 is 11.6 Å². The van der Waals surface area contributed by atoms with Gasteiger partial charge in [0.1, 0.15) is 17.1 Å². The van der Waals surface area contributed by atoms with Crippen molar-refractivity contribution in [3.05, 3.63) is 27.8 Å².